The Balaban J connectivity index is 1.54. The third kappa shape index (κ3) is 3.34. The number of hydrogen-bond acceptors (Lipinski definition) is 5. The van der Waals surface area contributed by atoms with Gasteiger partial charge in [-0.3, -0.25) is 9.36 Å². The number of oxazole rings is 1. The molecule has 0 fully saturated rings. The number of aryl methyl sites for hydroxylation is 1. The first-order valence-electron chi connectivity index (χ1n) is 9.35. The van der Waals surface area contributed by atoms with Crippen molar-refractivity contribution in [3.63, 3.8) is 0 Å². The van der Waals surface area contributed by atoms with Gasteiger partial charge in [-0.25, -0.2) is 9.97 Å². The minimum absolute atomic E-state index is 0.102. The predicted octanol–water partition coefficient (Wildman–Crippen LogP) is 5.79. The molecule has 30 heavy (non-hydrogen) atoms. The first kappa shape index (κ1) is 18.8. The Morgan fingerprint density at radius 2 is 1.80 bits per heavy atom. The third-order valence-electron chi connectivity index (χ3n) is 4.91. The normalized spacial score (nSPS) is 11.3. The Bertz CT molecular complexity index is 1400. The fourth-order valence-corrected chi connectivity index (χ4v) is 4.61. The number of benzene rings is 2. The van der Waals surface area contributed by atoms with E-state index in [4.69, 9.17) is 16.0 Å². The molecule has 3 heterocycles. The second-order valence-electron chi connectivity index (χ2n) is 6.88. The lowest BCUT2D eigenvalue weighted by molar-refractivity contribution is 0.484. The Hall–Kier alpha value is -3.22. The number of rotatable bonds is 4. The number of hydrogen-bond donors (Lipinski definition) is 0. The molecule has 0 N–H and O–H groups in total. The largest absolute Gasteiger partial charge is 0.439 e. The van der Waals surface area contributed by atoms with E-state index in [1.54, 1.807) is 29.2 Å². The molecule has 0 atom stereocenters. The molecule has 0 aliphatic rings. The second kappa shape index (κ2) is 7.55. The molecule has 5 aromatic rings. The lowest BCUT2D eigenvalue weighted by Gasteiger charge is -2.05. The van der Waals surface area contributed by atoms with E-state index >= 15 is 0 Å². The van der Waals surface area contributed by atoms with Crippen molar-refractivity contribution < 1.29 is 4.42 Å². The van der Waals surface area contributed by atoms with Gasteiger partial charge in [0.2, 0.25) is 5.89 Å². The van der Waals surface area contributed by atoms with E-state index in [1.807, 2.05) is 49.4 Å². The Morgan fingerprint density at radius 1 is 1.03 bits per heavy atom. The molecule has 0 saturated heterocycles. The molecule has 5 rings (SSSR count). The van der Waals surface area contributed by atoms with Gasteiger partial charge in [0.1, 0.15) is 11.4 Å². The minimum atomic E-state index is -0.102. The van der Waals surface area contributed by atoms with Crippen LogP contribution in [-0.2, 0) is 6.54 Å². The quantitative estimate of drug-likeness (QED) is 0.360. The number of fused-ring (bicyclic) bond motifs is 1. The van der Waals surface area contributed by atoms with Crippen LogP contribution in [0.4, 0.5) is 0 Å². The Kier molecular flexibility index (Phi) is 4.73. The molecule has 2 aromatic carbocycles. The molecule has 0 amide bonds. The number of nitrogens with zero attached hydrogens (tertiary/aromatic N) is 3. The summed E-state index contributed by atoms with van der Waals surface area (Å²) < 4.78 is 7.40. The summed E-state index contributed by atoms with van der Waals surface area (Å²) in [5.74, 6) is 1.07. The molecular formula is C23H16ClN3O2S. The summed E-state index contributed by atoms with van der Waals surface area (Å²) in [5.41, 5.74) is 2.73. The zero-order valence-electron chi connectivity index (χ0n) is 16.0. The molecule has 0 unspecified atom stereocenters. The van der Waals surface area contributed by atoms with Crippen LogP contribution < -0.4 is 5.56 Å². The SMILES string of the molecule is Cc1sc2ncn(Cc3ncc(-c4ccc(Cl)cc4)o3)c(=O)c2c1-c1ccccc1. The summed E-state index contributed by atoms with van der Waals surface area (Å²) in [5, 5.41) is 1.29. The maximum Gasteiger partial charge on any atom is 0.263 e. The monoisotopic (exact) mass is 433 g/mol. The summed E-state index contributed by atoms with van der Waals surface area (Å²) in [6, 6.07) is 17.3. The Morgan fingerprint density at radius 3 is 2.57 bits per heavy atom. The molecule has 3 aromatic heterocycles. The number of aromatic nitrogens is 3. The molecule has 7 heteroatoms. The lowest BCUT2D eigenvalue weighted by Crippen LogP contribution is -2.21. The van der Waals surface area contributed by atoms with E-state index in [0.717, 1.165) is 26.4 Å². The average Bonchev–Trinajstić information content (AvgIpc) is 3.35. The fourth-order valence-electron chi connectivity index (χ4n) is 3.48. The van der Waals surface area contributed by atoms with Crippen molar-refractivity contribution in [2.24, 2.45) is 0 Å². The molecule has 0 aliphatic heterocycles. The molecule has 5 nitrogen and oxygen atoms in total. The maximum atomic E-state index is 13.3. The van der Waals surface area contributed by atoms with E-state index in [9.17, 15) is 4.79 Å². The summed E-state index contributed by atoms with van der Waals surface area (Å²) in [6.07, 6.45) is 3.21. The molecule has 0 radical (unpaired) electrons. The fraction of sp³-hybridized carbons (Fsp3) is 0.0870. The van der Waals surface area contributed by atoms with Gasteiger partial charge in [-0.05, 0) is 36.8 Å². The summed E-state index contributed by atoms with van der Waals surface area (Å²) in [7, 11) is 0. The van der Waals surface area contributed by atoms with E-state index < -0.39 is 0 Å². The van der Waals surface area contributed by atoms with Crippen LogP contribution in [0.3, 0.4) is 0 Å². The van der Waals surface area contributed by atoms with Crippen molar-refractivity contribution in [2.45, 2.75) is 13.5 Å². The molecular weight excluding hydrogens is 418 g/mol. The van der Waals surface area contributed by atoms with E-state index in [1.165, 1.54) is 11.3 Å². The van der Waals surface area contributed by atoms with Crippen LogP contribution in [0.2, 0.25) is 5.02 Å². The van der Waals surface area contributed by atoms with E-state index in [2.05, 4.69) is 9.97 Å². The highest BCUT2D eigenvalue weighted by atomic mass is 35.5. The number of halogens is 1. The van der Waals surface area contributed by atoms with Gasteiger partial charge in [0.15, 0.2) is 5.76 Å². The highest BCUT2D eigenvalue weighted by Gasteiger charge is 2.17. The zero-order valence-corrected chi connectivity index (χ0v) is 17.6. The summed E-state index contributed by atoms with van der Waals surface area (Å²) in [6.45, 7) is 2.23. The van der Waals surface area contributed by atoms with Crippen LogP contribution in [0.25, 0.3) is 32.7 Å². The maximum absolute atomic E-state index is 13.3. The van der Waals surface area contributed by atoms with Crippen molar-refractivity contribution in [3.8, 4) is 22.5 Å². The van der Waals surface area contributed by atoms with Crippen molar-refractivity contribution in [3.05, 3.63) is 93.3 Å². The summed E-state index contributed by atoms with van der Waals surface area (Å²) >= 11 is 7.48. The topological polar surface area (TPSA) is 60.9 Å². The van der Waals surface area contributed by atoms with Crippen LogP contribution in [0, 0.1) is 6.92 Å². The van der Waals surface area contributed by atoms with Gasteiger partial charge in [-0.1, -0.05) is 41.9 Å². The van der Waals surface area contributed by atoms with Crippen molar-refractivity contribution >= 4 is 33.2 Å². The van der Waals surface area contributed by atoms with Gasteiger partial charge in [-0.15, -0.1) is 11.3 Å². The van der Waals surface area contributed by atoms with E-state index in [0.29, 0.717) is 22.1 Å². The second-order valence-corrected chi connectivity index (χ2v) is 8.52. The minimum Gasteiger partial charge on any atom is -0.439 e. The molecule has 0 spiro atoms. The van der Waals surface area contributed by atoms with Gasteiger partial charge in [0.25, 0.3) is 5.56 Å². The first-order chi connectivity index (χ1) is 14.6. The molecule has 148 valence electrons. The van der Waals surface area contributed by atoms with Crippen LogP contribution in [0.5, 0.6) is 0 Å². The first-order valence-corrected chi connectivity index (χ1v) is 10.5. The standard InChI is InChI=1S/C23H16ClN3O2S/c1-14-20(16-5-3-2-4-6-16)21-22(30-14)26-13-27(23(21)28)12-19-25-11-18(29-19)15-7-9-17(24)10-8-15/h2-11,13H,12H2,1H3. The zero-order chi connectivity index (χ0) is 20.7. The number of thiophene rings is 1. The van der Waals surface area contributed by atoms with Crippen LogP contribution >= 0.6 is 22.9 Å². The van der Waals surface area contributed by atoms with Crippen molar-refractivity contribution in [2.75, 3.05) is 0 Å². The van der Waals surface area contributed by atoms with Gasteiger partial charge in [0, 0.05) is 21.0 Å². The Labute approximate surface area is 181 Å². The highest BCUT2D eigenvalue weighted by Crippen LogP contribution is 2.35. The average molecular weight is 434 g/mol. The highest BCUT2D eigenvalue weighted by molar-refractivity contribution is 7.19. The van der Waals surface area contributed by atoms with Gasteiger partial charge in [0.05, 0.1) is 17.9 Å². The van der Waals surface area contributed by atoms with Gasteiger partial charge >= 0.3 is 0 Å². The molecule has 0 saturated carbocycles. The van der Waals surface area contributed by atoms with Crippen LogP contribution in [-0.4, -0.2) is 14.5 Å². The van der Waals surface area contributed by atoms with Crippen molar-refractivity contribution in [1.29, 1.82) is 0 Å². The lowest BCUT2D eigenvalue weighted by atomic mass is 10.0. The van der Waals surface area contributed by atoms with Crippen LogP contribution in [0.1, 0.15) is 10.8 Å². The van der Waals surface area contributed by atoms with Gasteiger partial charge < -0.3 is 4.42 Å². The van der Waals surface area contributed by atoms with E-state index in [-0.39, 0.29) is 12.1 Å². The third-order valence-corrected chi connectivity index (χ3v) is 6.17. The molecule has 0 bridgehead atoms. The summed E-state index contributed by atoms with van der Waals surface area (Å²) in [4.78, 5) is 24.0. The van der Waals surface area contributed by atoms with Gasteiger partial charge in [-0.2, -0.15) is 0 Å². The predicted molar refractivity (Wildman–Crippen MR) is 120 cm³/mol. The van der Waals surface area contributed by atoms with Crippen molar-refractivity contribution in [1.82, 2.24) is 14.5 Å². The molecule has 0 aliphatic carbocycles. The smallest absolute Gasteiger partial charge is 0.263 e. The van der Waals surface area contributed by atoms with Crippen LogP contribution in [0.15, 0.2) is 76.3 Å².